The van der Waals surface area contributed by atoms with Crippen molar-refractivity contribution in [3.8, 4) is 0 Å². The van der Waals surface area contributed by atoms with E-state index in [1.807, 2.05) is 0 Å². The molecule has 0 aliphatic heterocycles. The molecule has 0 unspecified atom stereocenters. The van der Waals surface area contributed by atoms with Gasteiger partial charge in [-0.25, -0.2) is 8.42 Å². The summed E-state index contributed by atoms with van der Waals surface area (Å²) in [5.74, 6) is 0.0639. The number of sulfone groups is 1. The molecule has 1 amide bonds. The molecule has 21 heavy (non-hydrogen) atoms. The minimum absolute atomic E-state index is 0.0198. The highest BCUT2D eigenvalue weighted by Crippen LogP contribution is 2.32. The molecule has 0 aromatic carbocycles. The van der Waals surface area contributed by atoms with Crippen LogP contribution in [0.15, 0.2) is 4.90 Å². The van der Waals surface area contributed by atoms with Crippen molar-refractivity contribution in [2.24, 2.45) is 0 Å². The van der Waals surface area contributed by atoms with E-state index in [1.54, 1.807) is 6.92 Å². The molecule has 1 aliphatic carbocycles. The molecule has 1 aliphatic rings. The van der Waals surface area contributed by atoms with E-state index >= 15 is 0 Å². The second-order valence-corrected chi connectivity index (χ2v) is 7.99. The Morgan fingerprint density at radius 3 is 2.81 bits per heavy atom. The van der Waals surface area contributed by atoms with Crippen molar-refractivity contribution >= 4 is 38.1 Å². The Morgan fingerprint density at radius 2 is 2.19 bits per heavy atom. The molecule has 1 heterocycles. The van der Waals surface area contributed by atoms with Gasteiger partial charge in [-0.3, -0.25) is 4.79 Å². The predicted molar refractivity (Wildman–Crippen MR) is 83.1 cm³/mol. The van der Waals surface area contributed by atoms with E-state index in [2.05, 4.69) is 15.0 Å². The average Bonchev–Trinajstić information content (AvgIpc) is 3.16. The highest BCUT2D eigenvalue weighted by atomic mass is 32.2. The molecule has 0 spiro atoms. The summed E-state index contributed by atoms with van der Waals surface area (Å²) in [5.41, 5.74) is 5.63. The molecule has 0 atom stereocenters. The van der Waals surface area contributed by atoms with Crippen LogP contribution in [0.3, 0.4) is 0 Å². The lowest BCUT2D eigenvalue weighted by Crippen LogP contribution is -2.25. The van der Waals surface area contributed by atoms with Gasteiger partial charge in [0.15, 0.2) is 15.7 Å². The van der Waals surface area contributed by atoms with E-state index in [9.17, 15) is 13.2 Å². The molecule has 1 aromatic rings. The normalized spacial score (nSPS) is 14.9. The van der Waals surface area contributed by atoms with Crippen LogP contribution < -0.4 is 16.4 Å². The number of nitrogens with two attached hydrogens (primary N) is 1. The van der Waals surface area contributed by atoms with Crippen LogP contribution in [-0.4, -0.2) is 37.0 Å². The largest absolute Gasteiger partial charge is 0.382 e. The maximum atomic E-state index is 12.0. The third kappa shape index (κ3) is 4.31. The van der Waals surface area contributed by atoms with Gasteiger partial charge >= 0.3 is 0 Å². The lowest BCUT2D eigenvalue weighted by molar-refractivity contribution is -0.121. The number of anilines is 2. The molecular formula is C12H20N4O3S2. The van der Waals surface area contributed by atoms with E-state index in [4.69, 9.17) is 5.73 Å². The van der Waals surface area contributed by atoms with Crippen LogP contribution in [0.25, 0.3) is 0 Å². The van der Waals surface area contributed by atoms with Gasteiger partial charge in [0.05, 0.1) is 5.75 Å². The molecule has 4 N–H and O–H groups in total. The number of nitrogen functional groups attached to an aromatic ring is 1. The number of carbonyl (C=O) groups excluding carboxylic acids is 1. The zero-order valence-corrected chi connectivity index (χ0v) is 13.5. The van der Waals surface area contributed by atoms with Crippen LogP contribution in [0.1, 0.15) is 32.6 Å². The molecule has 0 radical (unpaired) electrons. The number of hydrogen-bond acceptors (Lipinski definition) is 7. The Balaban J connectivity index is 1.84. The maximum absolute atomic E-state index is 12.0. The Morgan fingerprint density at radius 1 is 1.48 bits per heavy atom. The number of hydrogen-bond donors (Lipinski definition) is 3. The second kappa shape index (κ2) is 6.61. The fourth-order valence-corrected chi connectivity index (χ4v) is 4.02. The Hall–Kier alpha value is -1.35. The number of aromatic nitrogens is 1. The van der Waals surface area contributed by atoms with E-state index in [0.717, 1.165) is 24.4 Å². The summed E-state index contributed by atoms with van der Waals surface area (Å²) in [4.78, 5) is 11.6. The van der Waals surface area contributed by atoms with E-state index in [-0.39, 0.29) is 22.4 Å². The summed E-state index contributed by atoms with van der Waals surface area (Å²) < 4.78 is 27.8. The highest BCUT2D eigenvalue weighted by Gasteiger charge is 2.24. The Bertz CT molecular complexity index is 608. The molecule has 7 nitrogen and oxygen atoms in total. The second-order valence-electron chi connectivity index (χ2n) is 5.00. The first-order chi connectivity index (χ1) is 9.94. The van der Waals surface area contributed by atoms with E-state index in [0.29, 0.717) is 30.4 Å². The van der Waals surface area contributed by atoms with Gasteiger partial charge in [0, 0.05) is 19.0 Å². The van der Waals surface area contributed by atoms with Crippen molar-refractivity contribution in [1.29, 1.82) is 0 Å². The van der Waals surface area contributed by atoms with Gasteiger partial charge in [-0.2, -0.15) is 4.37 Å². The molecule has 118 valence electrons. The van der Waals surface area contributed by atoms with E-state index < -0.39 is 9.84 Å². The monoisotopic (exact) mass is 332 g/mol. The summed E-state index contributed by atoms with van der Waals surface area (Å²) in [7, 11) is -3.40. The van der Waals surface area contributed by atoms with E-state index in [1.165, 1.54) is 0 Å². The molecular weight excluding hydrogens is 312 g/mol. The summed E-state index contributed by atoms with van der Waals surface area (Å²) >= 11 is 1.03. The molecule has 1 saturated carbocycles. The third-order valence-corrected chi connectivity index (χ3v) is 5.92. The van der Waals surface area contributed by atoms with Crippen LogP contribution in [0.5, 0.6) is 0 Å². The number of rotatable bonds is 8. The predicted octanol–water partition coefficient (Wildman–Crippen LogP) is 0.990. The highest BCUT2D eigenvalue weighted by molar-refractivity contribution is 7.91. The number of carbonyl (C=O) groups is 1. The van der Waals surface area contributed by atoms with Crippen molar-refractivity contribution in [2.45, 2.75) is 43.5 Å². The molecule has 9 heteroatoms. The number of nitrogens with one attached hydrogen (secondary N) is 2. The molecule has 0 saturated heterocycles. The molecule has 1 aromatic heterocycles. The van der Waals surface area contributed by atoms with Crippen molar-refractivity contribution in [3.63, 3.8) is 0 Å². The number of amides is 1. The fourth-order valence-electron chi connectivity index (χ4n) is 1.83. The third-order valence-electron chi connectivity index (χ3n) is 3.17. The van der Waals surface area contributed by atoms with Gasteiger partial charge in [-0.1, -0.05) is 6.92 Å². The quantitative estimate of drug-likeness (QED) is 0.612. The van der Waals surface area contributed by atoms with Crippen molar-refractivity contribution in [3.05, 3.63) is 0 Å². The lowest BCUT2D eigenvalue weighted by atomic mass is 10.3. The van der Waals surface area contributed by atoms with Crippen LogP contribution in [-0.2, 0) is 14.6 Å². The summed E-state index contributed by atoms with van der Waals surface area (Å²) in [6, 6.07) is 0.369. The average molecular weight is 332 g/mol. The summed E-state index contributed by atoms with van der Waals surface area (Å²) in [5, 5.41) is 6.38. The van der Waals surface area contributed by atoms with Gasteiger partial charge in [-0.15, -0.1) is 0 Å². The fraction of sp³-hybridized carbons (Fsp3) is 0.667. The van der Waals surface area contributed by atoms with Gasteiger partial charge in [-0.05, 0) is 30.8 Å². The van der Waals surface area contributed by atoms with Crippen molar-refractivity contribution in [2.75, 3.05) is 23.3 Å². The van der Waals surface area contributed by atoms with Gasteiger partial charge in [0.25, 0.3) is 0 Å². The van der Waals surface area contributed by atoms with Crippen LogP contribution in [0.2, 0.25) is 0 Å². The summed E-state index contributed by atoms with van der Waals surface area (Å²) in [6.45, 7) is 2.07. The standard InChI is InChI=1S/C12H20N4O3S2/c1-2-21(18,19)10-11(13)16-20-12(10)14-7-3-4-9(17)15-8-5-6-8/h8,14H,2-7H2,1H3,(H2,13,16)(H,15,17). The molecule has 0 bridgehead atoms. The van der Waals surface area contributed by atoms with Crippen LogP contribution >= 0.6 is 11.5 Å². The number of nitrogens with zero attached hydrogens (tertiary/aromatic N) is 1. The smallest absolute Gasteiger partial charge is 0.220 e. The van der Waals surface area contributed by atoms with Gasteiger partial charge < -0.3 is 16.4 Å². The van der Waals surface area contributed by atoms with Crippen molar-refractivity contribution in [1.82, 2.24) is 9.69 Å². The van der Waals surface area contributed by atoms with Crippen LogP contribution in [0, 0.1) is 0 Å². The minimum Gasteiger partial charge on any atom is -0.382 e. The maximum Gasteiger partial charge on any atom is 0.220 e. The zero-order chi connectivity index (χ0) is 15.5. The van der Waals surface area contributed by atoms with Crippen molar-refractivity contribution < 1.29 is 13.2 Å². The van der Waals surface area contributed by atoms with Gasteiger partial charge in [0.1, 0.15) is 9.90 Å². The first-order valence-corrected chi connectivity index (χ1v) is 9.37. The van der Waals surface area contributed by atoms with Crippen LogP contribution in [0.4, 0.5) is 10.8 Å². The minimum atomic E-state index is -3.40. The Labute approximate surface area is 128 Å². The zero-order valence-electron chi connectivity index (χ0n) is 11.9. The molecule has 2 rings (SSSR count). The SMILES string of the molecule is CCS(=O)(=O)c1c(N)nsc1NCCCC(=O)NC1CC1. The first kappa shape index (κ1) is 16.0. The topological polar surface area (TPSA) is 114 Å². The van der Waals surface area contributed by atoms with Gasteiger partial charge in [0.2, 0.25) is 5.91 Å². The summed E-state index contributed by atoms with van der Waals surface area (Å²) in [6.07, 6.45) is 3.19. The first-order valence-electron chi connectivity index (χ1n) is 6.95. The lowest BCUT2D eigenvalue weighted by Gasteiger charge is -2.07. The Kier molecular flexibility index (Phi) is 5.04. The molecule has 1 fully saturated rings.